The fraction of sp³-hybridized carbons (Fsp3) is 0.250. The highest BCUT2D eigenvalue weighted by atomic mass is 79.9. The van der Waals surface area contributed by atoms with E-state index in [2.05, 4.69) is 44.1 Å². The molecule has 1 heterocycles. The maximum Gasteiger partial charge on any atom is 0.120 e. The van der Waals surface area contributed by atoms with E-state index in [9.17, 15) is 0 Å². The predicted octanol–water partition coefficient (Wildman–Crippen LogP) is 2.42. The number of nitrogens with one attached hydrogen (secondary N) is 1. The van der Waals surface area contributed by atoms with Crippen LogP contribution in [0, 0.1) is 0 Å². The van der Waals surface area contributed by atoms with Crippen LogP contribution in [-0.2, 0) is 19.4 Å². The molecule has 3 nitrogen and oxygen atoms in total. The Kier molecular flexibility index (Phi) is 3.74. The lowest BCUT2D eigenvalue weighted by Gasteiger charge is -2.00. The molecule has 0 saturated carbocycles. The lowest BCUT2D eigenvalue weighted by atomic mass is 10.1. The van der Waals surface area contributed by atoms with Gasteiger partial charge in [-0.3, -0.25) is 0 Å². The smallest absolute Gasteiger partial charge is 0.120 e. The first kappa shape index (κ1) is 11.4. The molecule has 4 heteroatoms. The highest BCUT2D eigenvalue weighted by Gasteiger charge is 2.00. The third-order valence-corrected chi connectivity index (χ3v) is 2.94. The van der Waals surface area contributed by atoms with Gasteiger partial charge in [0.25, 0.3) is 0 Å². The fourth-order valence-electron chi connectivity index (χ4n) is 1.61. The van der Waals surface area contributed by atoms with Crippen LogP contribution in [0.5, 0.6) is 0 Å². The van der Waals surface area contributed by atoms with Crippen LogP contribution in [0.4, 0.5) is 0 Å². The predicted molar refractivity (Wildman–Crippen MR) is 68.0 cm³/mol. The lowest BCUT2D eigenvalue weighted by Crippen LogP contribution is -1.98. The Morgan fingerprint density at radius 3 is 2.88 bits per heavy atom. The van der Waals surface area contributed by atoms with Crippen LogP contribution in [0.2, 0.25) is 0 Å². The van der Waals surface area contributed by atoms with Crippen LogP contribution in [0.1, 0.15) is 17.1 Å². The van der Waals surface area contributed by atoms with Gasteiger partial charge < -0.3 is 10.7 Å². The second-order valence-corrected chi connectivity index (χ2v) is 4.60. The molecule has 0 spiro atoms. The van der Waals surface area contributed by atoms with E-state index in [1.165, 1.54) is 5.56 Å². The van der Waals surface area contributed by atoms with Crippen molar-refractivity contribution in [3.05, 3.63) is 52.0 Å². The Morgan fingerprint density at radius 2 is 2.19 bits per heavy atom. The molecule has 0 bridgehead atoms. The molecule has 3 N–H and O–H groups in total. The second kappa shape index (κ2) is 5.27. The SMILES string of the molecule is NCc1ncc(CCc2cccc(Br)c2)[nH]1. The number of hydrogen-bond acceptors (Lipinski definition) is 2. The minimum absolute atomic E-state index is 0.469. The Bertz CT molecular complexity index is 465. The Hall–Kier alpha value is -1.13. The summed E-state index contributed by atoms with van der Waals surface area (Å²) in [5.41, 5.74) is 7.95. The van der Waals surface area contributed by atoms with Gasteiger partial charge in [0.2, 0.25) is 0 Å². The summed E-state index contributed by atoms with van der Waals surface area (Å²) in [5, 5.41) is 0. The molecule has 0 amide bonds. The van der Waals surface area contributed by atoms with Crippen molar-refractivity contribution in [2.24, 2.45) is 5.73 Å². The molecular weight excluding hydrogens is 266 g/mol. The minimum atomic E-state index is 0.469. The zero-order valence-corrected chi connectivity index (χ0v) is 10.5. The van der Waals surface area contributed by atoms with Crippen molar-refractivity contribution < 1.29 is 0 Å². The monoisotopic (exact) mass is 279 g/mol. The molecule has 0 unspecified atom stereocenters. The molecule has 2 rings (SSSR count). The minimum Gasteiger partial charge on any atom is -0.345 e. The number of H-pyrrole nitrogens is 1. The van der Waals surface area contributed by atoms with Crippen molar-refractivity contribution in [2.45, 2.75) is 19.4 Å². The topological polar surface area (TPSA) is 54.7 Å². The van der Waals surface area contributed by atoms with Gasteiger partial charge in [0.05, 0.1) is 6.54 Å². The van der Waals surface area contributed by atoms with Crippen LogP contribution in [-0.4, -0.2) is 9.97 Å². The standard InChI is InChI=1S/C12H14BrN3/c13-10-3-1-2-9(6-10)4-5-11-8-15-12(7-14)16-11/h1-3,6,8H,4-5,7,14H2,(H,15,16). The molecule has 1 aromatic heterocycles. The molecule has 0 aliphatic rings. The summed E-state index contributed by atoms with van der Waals surface area (Å²) in [6.45, 7) is 0.469. The van der Waals surface area contributed by atoms with E-state index < -0.39 is 0 Å². The van der Waals surface area contributed by atoms with E-state index in [4.69, 9.17) is 5.73 Å². The quantitative estimate of drug-likeness (QED) is 0.903. The first-order valence-corrected chi connectivity index (χ1v) is 6.04. The van der Waals surface area contributed by atoms with E-state index >= 15 is 0 Å². The highest BCUT2D eigenvalue weighted by Crippen LogP contribution is 2.13. The summed E-state index contributed by atoms with van der Waals surface area (Å²) in [6, 6.07) is 8.36. The molecule has 0 aliphatic carbocycles. The number of imidazole rings is 1. The number of nitrogens with zero attached hydrogens (tertiary/aromatic N) is 1. The molecule has 0 saturated heterocycles. The number of benzene rings is 1. The van der Waals surface area contributed by atoms with Crippen molar-refractivity contribution in [1.29, 1.82) is 0 Å². The number of aryl methyl sites for hydroxylation is 2. The van der Waals surface area contributed by atoms with E-state index in [1.807, 2.05) is 12.3 Å². The van der Waals surface area contributed by atoms with Crippen LogP contribution in [0.25, 0.3) is 0 Å². The van der Waals surface area contributed by atoms with Gasteiger partial charge >= 0.3 is 0 Å². The molecule has 1 aromatic carbocycles. The summed E-state index contributed by atoms with van der Waals surface area (Å²) >= 11 is 3.47. The maximum atomic E-state index is 5.49. The average Bonchev–Trinajstić information content (AvgIpc) is 2.74. The molecule has 0 aliphatic heterocycles. The number of nitrogens with two attached hydrogens (primary N) is 1. The van der Waals surface area contributed by atoms with Gasteiger partial charge in [-0.15, -0.1) is 0 Å². The summed E-state index contributed by atoms with van der Waals surface area (Å²) in [4.78, 5) is 7.37. The van der Waals surface area contributed by atoms with Gasteiger partial charge in [-0.1, -0.05) is 28.1 Å². The molecule has 2 aromatic rings. The Labute approximate surface area is 103 Å². The van der Waals surface area contributed by atoms with E-state index in [-0.39, 0.29) is 0 Å². The zero-order chi connectivity index (χ0) is 11.4. The van der Waals surface area contributed by atoms with Crippen molar-refractivity contribution in [1.82, 2.24) is 9.97 Å². The van der Waals surface area contributed by atoms with Gasteiger partial charge in [0.15, 0.2) is 0 Å². The number of hydrogen-bond donors (Lipinski definition) is 2. The summed E-state index contributed by atoms with van der Waals surface area (Å²) in [5.74, 6) is 0.851. The molecule has 0 atom stereocenters. The Balaban J connectivity index is 1.96. The number of halogens is 1. The number of rotatable bonds is 4. The summed E-state index contributed by atoms with van der Waals surface area (Å²) < 4.78 is 1.12. The number of aromatic nitrogens is 2. The largest absolute Gasteiger partial charge is 0.345 e. The average molecular weight is 280 g/mol. The van der Waals surface area contributed by atoms with E-state index in [0.29, 0.717) is 6.54 Å². The number of aromatic amines is 1. The summed E-state index contributed by atoms with van der Waals surface area (Å²) in [7, 11) is 0. The van der Waals surface area contributed by atoms with Crippen molar-refractivity contribution >= 4 is 15.9 Å². The molecule has 84 valence electrons. The normalized spacial score (nSPS) is 10.6. The fourth-order valence-corrected chi connectivity index (χ4v) is 2.05. The van der Waals surface area contributed by atoms with Gasteiger partial charge in [-0.05, 0) is 30.5 Å². The zero-order valence-electron chi connectivity index (χ0n) is 8.91. The van der Waals surface area contributed by atoms with Gasteiger partial charge in [0.1, 0.15) is 5.82 Å². The second-order valence-electron chi connectivity index (χ2n) is 3.69. The highest BCUT2D eigenvalue weighted by molar-refractivity contribution is 9.10. The van der Waals surface area contributed by atoms with Crippen LogP contribution < -0.4 is 5.73 Å². The van der Waals surface area contributed by atoms with Crippen LogP contribution >= 0.6 is 15.9 Å². The molecule has 0 fully saturated rings. The first-order valence-electron chi connectivity index (χ1n) is 5.25. The first-order chi connectivity index (χ1) is 7.78. The third-order valence-electron chi connectivity index (χ3n) is 2.45. The molecular formula is C12H14BrN3. The van der Waals surface area contributed by atoms with Gasteiger partial charge in [-0.2, -0.15) is 0 Å². The van der Waals surface area contributed by atoms with Crippen molar-refractivity contribution in [3.8, 4) is 0 Å². The van der Waals surface area contributed by atoms with Gasteiger partial charge in [-0.25, -0.2) is 4.98 Å². The van der Waals surface area contributed by atoms with Gasteiger partial charge in [0, 0.05) is 16.4 Å². The van der Waals surface area contributed by atoms with E-state index in [1.54, 1.807) is 0 Å². The van der Waals surface area contributed by atoms with Crippen LogP contribution in [0.3, 0.4) is 0 Å². The molecule has 0 radical (unpaired) electrons. The van der Waals surface area contributed by atoms with Crippen molar-refractivity contribution in [3.63, 3.8) is 0 Å². The lowest BCUT2D eigenvalue weighted by molar-refractivity contribution is 0.894. The third kappa shape index (κ3) is 2.93. The van der Waals surface area contributed by atoms with Crippen LogP contribution in [0.15, 0.2) is 34.9 Å². The summed E-state index contributed by atoms with van der Waals surface area (Å²) in [6.07, 6.45) is 3.83. The van der Waals surface area contributed by atoms with Crippen molar-refractivity contribution in [2.75, 3.05) is 0 Å². The van der Waals surface area contributed by atoms with E-state index in [0.717, 1.165) is 28.8 Å². The Morgan fingerprint density at radius 1 is 1.31 bits per heavy atom. The molecule has 16 heavy (non-hydrogen) atoms. The maximum absolute atomic E-state index is 5.49.